The lowest BCUT2D eigenvalue weighted by atomic mass is 9.61. The standard InChI is InChI=1S/C15H16BrNS/c16-12-5-1-2-6-13(12)18-15(11-17)9-14(10-15)7-3-4-8-14/h1-2,5-6H,3-4,7-10H2. The summed E-state index contributed by atoms with van der Waals surface area (Å²) in [4.78, 5) is 1.20. The van der Waals surface area contributed by atoms with E-state index in [1.54, 1.807) is 11.8 Å². The van der Waals surface area contributed by atoms with Gasteiger partial charge in [0, 0.05) is 9.37 Å². The summed E-state index contributed by atoms with van der Waals surface area (Å²) in [6.07, 6.45) is 7.58. The van der Waals surface area contributed by atoms with Gasteiger partial charge in [-0.3, -0.25) is 0 Å². The van der Waals surface area contributed by atoms with E-state index in [0.29, 0.717) is 5.41 Å². The second kappa shape index (κ2) is 4.58. The van der Waals surface area contributed by atoms with E-state index < -0.39 is 0 Å². The van der Waals surface area contributed by atoms with E-state index in [0.717, 1.165) is 17.3 Å². The molecule has 2 aliphatic rings. The van der Waals surface area contributed by atoms with Gasteiger partial charge in [0.25, 0.3) is 0 Å². The minimum atomic E-state index is -0.172. The first-order valence-electron chi connectivity index (χ1n) is 6.52. The summed E-state index contributed by atoms with van der Waals surface area (Å²) in [5.74, 6) is 0. The predicted molar refractivity (Wildman–Crippen MR) is 78.5 cm³/mol. The zero-order chi connectivity index (χ0) is 12.6. The number of halogens is 1. The Kier molecular flexibility index (Phi) is 3.20. The van der Waals surface area contributed by atoms with Crippen LogP contribution in [-0.4, -0.2) is 4.75 Å². The number of rotatable bonds is 2. The summed E-state index contributed by atoms with van der Waals surface area (Å²) >= 11 is 5.33. The Morgan fingerprint density at radius 2 is 1.83 bits per heavy atom. The Balaban J connectivity index is 1.76. The van der Waals surface area contributed by atoms with Gasteiger partial charge in [-0.15, -0.1) is 11.8 Å². The van der Waals surface area contributed by atoms with E-state index in [4.69, 9.17) is 0 Å². The van der Waals surface area contributed by atoms with Crippen LogP contribution in [0, 0.1) is 16.7 Å². The molecule has 0 aromatic heterocycles. The normalized spacial score (nSPS) is 23.6. The smallest absolute Gasteiger partial charge is 0.108 e. The van der Waals surface area contributed by atoms with Gasteiger partial charge >= 0.3 is 0 Å². The Morgan fingerprint density at radius 3 is 2.44 bits per heavy atom. The molecule has 0 amide bonds. The highest BCUT2D eigenvalue weighted by Gasteiger charge is 2.56. The van der Waals surface area contributed by atoms with Gasteiger partial charge in [0.05, 0.1) is 6.07 Å². The Hall–Kier alpha value is -0.460. The molecular formula is C15H16BrNS. The van der Waals surface area contributed by atoms with Crippen molar-refractivity contribution < 1.29 is 0 Å². The predicted octanol–water partition coefficient (Wildman–Crippen LogP) is 5.16. The van der Waals surface area contributed by atoms with Crippen molar-refractivity contribution in [3.63, 3.8) is 0 Å². The Morgan fingerprint density at radius 1 is 1.17 bits per heavy atom. The zero-order valence-electron chi connectivity index (χ0n) is 10.3. The highest BCUT2D eigenvalue weighted by molar-refractivity contribution is 9.10. The number of benzene rings is 1. The molecule has 0 unspecified atom stereocenters. The summed E-state index contributed by atoms with van der Waals surface area (Å²) < 4.78 is 0.936. The molecule has 1 nitrogen and oxygen atoms in total. The molecule has 2 saturated carbocycles. The van der Waals surface area contributed by atoms with Gasteiger partial charge in [-0.25, -0.2) is 0 Å². The van der Waals surface area contributed by atoms with Gasteiger partial charge in [0.1, 0.15) is 4.75 Å². The molecule has 0 N–H and O–H groups in total. The van der Waals surface area contributed by atoms with Crippen LogP contribution in [0.25, 0.3) is 0 Å². The maximum atomic E-state index is 9.55. The van der Waals surface area contributed by atoms with E-state index in [1.165, 1.54) is 30.6 Å². The molecule has 18 heavy (non-hydrogen) atoms. The number of hydrogen-bond donors (Lipinski definition) is 0. The summed E-state index contributed by atoms with van der Waals surface area (Å²) in [6, 6.07) is 10.8. The minimum absolute atomic E-state index is 0.172. The molecule has 1 spiro atoms. The van der Waals surface area contributed by atoms with Crippen LogP contribution in [0.3, 0.4) is 0 Å². The van der Waals surface area contributed by atoms with Crippen LogP contribution < -0.4 is 0 Å². The van der Waals surface area contributed by atoms with E-state index >= 15 is 0 Å². The topological polar surface area (TPSA) is 23.8 Å². The van der Waals surface area contributed by atoms with Crippen LogP contribution in [0.15, 0.2) is 33.6 Å². The fourth-order valence-corrected chi connectivity index (χ4v) is 5.61. The zero-order valence-corrected chi connectivity index (χ0v) is 12.7. The average Bonchev–Trinajstić information content (AvgIpc) is 2.80. The van der Waals surface area contributed by atoms with Crippen molar-refractivity contribution >= 4 is 27.7 Å². The molecule has 1 aromatic carbocycles. The molecule has 0 aliphatic heterocycles. The van der Waals surface area contributed by atoms with Gasteiger partial charge in [-0.05, 0) is 59.2 Å². The Bertz CT molecular complexity index is 491. The fraction of sp³-hybridized carbons (Fsp3) is 0.533. The maximum absolute atomic E-state index is 9.55. The van der Waals surface area contributed by atoms with Crippen molar-refractivity contribution in [1.29, 1.82) is 5.26 Å². The summed E-state index contributed by atoms with van der Waals surface area (Å²) in [5.41, 5.74) is 0.518. The van der Waals surface area contributed by atoms with Crippen LogP contribution in [0.5, 0.6) is 0 Å². The number of hydrogen-bond acceptors (Lipinski definition) is 2. The summed E-state index contributed by atoms with van der Waals surface area (Å²) in [5, 5.41) is 9.55. The SMILES string of the molecule is N#CC1(Sc2ccccc2Br)CC2(CCCC2)C1. The van der Waals surface area contributed by atoms with E-state index in [2.05, 4.69) is 34.1 Å². The van der Waals surface area contributed by atoms with Crippen molar-refractivity contribution in [2.75, 3.05) is 0 Å². The molecule has 3 rings (SSSR count). The summed E-state index contributed by atoms with van der Waals surface area (Å²) in [7, 11) is 0. The molecule has 0 atom stereocenters. The maximum Gasteiger partial charge on any atom is 0.108 e. The number of thioether (sulfide) groups is 1. The fourth-order valence-electron chi connectivity index (χ4n) is 3.55. The summed E-state index contributed by atoms with van der Waals surface area (Å²) in [6.45, 7) is 0. The number of nitrogens with zero attached hydrogens (tertiary/aromatic N) is 1. The minimum Gasteiger partial charge on any atom is -0.197 e. The van der Waals surface area contributed by atoms with Crippen molar-refractivity contribution in [2.45, 2.75) is 48.2 Å². The van der Waals surface area contributed by atoms with Crippen LogP contribution in [0.2, 0.25) is 0 Å². The highest BCUT2D eigenvalue weighted by Crippen LogP contribution is 2.64. The monoisotopic (exact) mass is 321 g/mol. The van der Waals surface area contributed by atoms with Gasteiger partial charge in [0.15, 0.2) is 0 Å². The van der Waals surface area contributed by atoms with Crippen LogP contribution in [0.1, 0.15) is 38.5 Å². The number of nitriles is 1. The average molecular weight is 322 g/mol. The van der Waals surface area contributed by atoms with E-state index in [1.807, 2.05) is 12.1 Å². The van der Waals surface area contributed by atoms with Crippen molar-refractivity contribution in [2.24, 2.45) is 5.41 Å². The molecule has 2 aliphatic carbocycles. The first kappa shape index (κ1) is 12.6. The third-order valence-electron chi connectivity index (χ3n) is 4.33. The molecule has 3 heteroatoms. The van der Waals surface area contributed by atoms with Gasteiger partial charge in [-0.2, -0.15) is 5.26 Å². The third-order valence-corrected chi connectivity index (χ3v) is 6.63. The first-order chi connectivity index (χ1) is 8.67. The molecule has 1 aromatic rings. The van der Waals surface area contributed by atoms with Crippen molar-refractivity contribution in [1.82, 2.24) is 0 Å². The quantitative estimate of drug-likeness (QED) is 0.751. The lowest BCUT2D eigenvalue weighted by Gasteiger charge is -2.50. The largest absolute Gasteiger partial charge is 0.197 e. The van der Waals surface area contributed by atoms with E-state index in [9.17, 15) is 5.26 Å². The highest BCUT2D eigenvalue weighted by atomic mass is 79.9. The first-order valence-corrected chi connectivity index (χ1v) is 8.13. The molecule has 0 bridgehead atoms. The molecule has 94 valence electrons. The van der Waals surface area contributed by atoms with Crippen LogP contribution in [0.4, 0.5) is 0 Å². The molecule has 0 radical (unpaired) electrons. The van der Waals surface area contributed by atoms with Gasteiger partial charge < -0.3 is 0 Å². The van der Waals surface area contributed by atoms with E-state index in [-0.39, 0.29) is 4.75 Å². The molecule has 0 saturated heterocycles. The van der Waals surface area contributed by atoms with Crippen LogP contribution >= 0.6 is 27.7 Å². The van der Waals surface area contributed by atoms with Crippen LogP contribution in [-0.2, 0) is 0 Å². The second-order valence-corrected chi connectivity index (χ2v) is 7.98. The van der Waals surface area contributed by atoms with Crippen molar-refractivity contribution in [3.05, 3.63) is 28.7 Å². The van der Waals surface area contributed by atoms with Crippen molar-refractivity contribution in [3.8, 4) is 6.07 Å². The lowest BCUT2D eigenvalue weighted by molar-refractivity contribution is 0.119. The lowest BCUT2D eigenvalue weighted by Crippen LogP contribution is -2.47. The molecular weight excluding hydrogens is 306 g/mol. The van der Waals surface area contributed by atoms with Gasteiger partial charge in [-0.1, -0.05) is 25.0 Å². The molecule has 0 heterocycles. The van der Waals surface area contributed by atoms with Gasteiger partial charge in [0.2, 0.25) is 0 Å². The second-order valence-electron chi connectivity index (χ2n) is 5.70. The molecule has 2 fully saturated rings. The third kappa shape index (κ3) is 2.10. The Labute approximate surface area is 121 Å².